The number of aromatic carboxylic acids is 1. The van der Waals surface area contributed by atoms with E-state index in [-0.39, 0.29) is 17.0 Å². The molecule has 1 aliphatic heterocycles. The third kappa shape index (κ3) is 4.13. The molecule has 1 fully saturated rings. The molecule has 0 spiro atoms. The lowest BCUT2D eigenvalue weighted by atomic mass is 9.90. The molecule has 2 aromatic rings. The van der Waals surface area contributed by atoms with Gasteiger partial charge in [-0.05, 0) is 55.9 Å². The van der Waals surface area contributed by atoms with Gasteiger partial charge in [-0.1, -0.05) is 42.5 Å². The molecular formula is C22H25NO3. The van der Waals surface area contributed by atoms with Crippen molar-refractivity contribution in [2.45, 2.75) is 44.6 Å². The molecule has 1 heterocycles. The molecule has 0 radical (unpaired) electrons. The maximum atomic E-state index is 12.8. The van der Waals surface area contributed by atoms with E-state index in [9.17, 15) is 9.59 Å². The van der Waals surface area contributed by atoms with Crippen molar-refractivity contribution < 1.29 is 14.7 Å². The average molecular weight is 351 g/mol. The third-order valence-corrected chi connectivity index (χ3v) is 5.31. The van der Waals surface area contributed by atoms with Gasteiger partial charge in [0.2, 0.25) is 5.91 Å². The molecule has 4 nitrogen and oxygen atoms in total. The maximum Gasteiger partial charge on any atom is 0.335 e. The predicted molar refractivity (Wildman–Crippen MR) is 101 cm³/mol. The van der Waals surface area contributed by atoms with E-state index in [4.69, 9.17) is 5.11 Å². The quantitative estimate of drug-likeness (QED) is 0.857. The lowest BCUT2D eigenvalue weighted by Gasteiger charge is -2.36. The molecule has 1 unspecified atom stereocenters. The molecule has 0 aromatic heterocycles. The fourth-order valence-corrected chi connectivity index (χ4v) is 3.87. The summed E-state index contributed by atoms with van der Waals surface area (Å²) in [4.78, 5) is 25.8. The van der Waals surface area contributed by atoms with Crippen LogP contribution in [0.25, 0.3) is 0 Å². The summed E-state index contributed by atoms with van der Waals surface area (Å²) in [6, 6.07) is 17.1. The molecular weight excluding hydrogens is 326 g/mol. The van der Waals surface area contributed by atoms with Crippen LogP contribution in [-0.2, 0) is 17.6 Å². The summed E-state index contributed by atoms with van der Waals surface area (Å²) in [5.41, 5.74) is 2.41. The predicted octanol–water partition coefficient (Wildman–Crippen LogP) is 3.94. The zero-order valence-corrected chi connectivity index (χ0v) is 15.1. The van der Waals surface area contributed by atoms with E-state index in [1.165, 1.54) is 5.56 Å². The Kier molecular flexibility index (Phi) is 5.40. The number of rotatable bonds is 6. The highest BCUT2D eigenvalue weighted by molar-refractivity contribution is 5.87. The standard InChI is InChI=1S/C22H25NO3/c1-22(16-18-6-3-2-4-7-18)14-5-15-23(22)20(24)13-10-17-8-11-19(12-9-17)21(25)26/h2-4,6-9,11-12H,5,10,13-16H2,1H3,(H,25,26). The van der Waals surface area contributed by atoms with Crippen molar-refractivity contribution in [2.75, 3.05) is 6.54 Å². The van der Waals surface area contributed by atoms with E-state index < -0.39 is 5.97 Å². The van der Waals surface area contributed by atoms with Gasteiger partial charge in [0.1, 0.15) is 0 Å². The minimum atomic E-state index is -0.929. The summed E-state index contributed by atoms with van der Waals surface area (Å²) in [7, 11) is 0. The second-order valence-corrected chi connectivity index (χ2v) is 7.31. The van der Waals surface area contributed by atoms with Crippen molar-refractivity contribution in [3.63, 3.8) is 0 Å². The first-order valence-corrected chi connectivity index (χ1v) is 9.15. The summed E-state index contributed by atoms with van der Waals surface area (Å²) >= 11 is 0. The number of amides is 1. The van der Waals surface area contributed by atoms with Crippen LogP contribution < -0.4 is 0 Å². The Morgan fingerprint density at radius 2 is 1.73 bits per heavy atom. The molecule has 1 aliphatic rings. The number of benzene rings is 2. The van der Waals surface area contributed by atoms with Gasteiger partial charge in [-0.3, -0.25) is 4.79 Å². The van der Waals surface area contributed by atoms with Crippen molar-refractivity contribution in [2.24, 2.45) is 0 Å². The Morgan fingerprint density at radius 3 is 2.38 bits per heavy atom. The van der Waals surface area contributed by atoms with Crippen LogP contribution in [-0.4, -0.2) is 34.0 Å². The van der Waals surface area contributed by atoms with Crippen LogP contribution in [0.2, 0.25) is 0 Å². The van der Waals surface area contributed by atoms with Gasteiger partial charge in [-0.25, -0.2) is 4.79 Å². The van der Waals surface area contributed by atoms with E-state index in [1.807, 2.05) is 23.1 Å². The fourth-order valence-electron chi connectivity index (χ4n) is 3.87. The van der Waals surface area contributed by atoms with Gasteiger partial charge in [0.25, 0.3) is 0 Å². The molecule has 3 rings (SSSR count). The second-order valence-electron chi connectivity index (χ2n) is 7.31. The molecule has 0 saturated carbocycles. The van der Waals surface area contributed by atoms with Crippen LogP contribution in [0.1, 0.15) is 47.7 Å². The monoisotopic (exact) mass is 351 g/mol. The van der Waals surface area contributed by atoms with Gasteiger partial charge in [-0.2, -0.15) is 0 Å². The lowest BCUT2D eigenvalue weighted by Crippen LogP contribution is -2.46. The van der Waals surface area contributed by atoms with Crippen molar-refractivity contribution in [3.05, 3.63) is 71.3 Å². The maximum absolute atomic E-state index is 12.8. The Labute approximate surface area is 154 Å². The number of carbonyl (C=O) groups is 2. The van der Waals surface area contributed by atoms with Crippen LogP contribution in [0.5, 0.6) is 0 Å². The van der Waals surface area contributed by atoms with Crippen molar-refractivity contribution >= 4 is 11.9 Å². The number of aryl methyl sites for hydroxylation is 1. The second kappa shape index (κ2) is 7.73. The van der Waals surface area contributed by atoms with Crippen LogP contribution >= 0.6 is 0 Å². The number of carboxylic acids is 1. The zero-order valence-electron chi connectivity index (χ0n) is 15.1. The number of hydrogen-bond donors (Lipinski definition) is 1. The summed E-state index contributed by atoms with van der Waals surface area (Å²) in [5.74, 6) is -0.746. The number of carbonyl (C=O) groups excluding carboxylic acids is 1. The Bertz CT molecular complexity index is 770. The topological polar surface area (TPSA) is 57.6 Å². The minimum absolute atomic E-state index is 0.119. The van der Waals surface area contributed by atoms with Gasteiger partial charge in [0.05, 0.1) is 5.56 Å². The lowest BCUT2D eigenvalue weighted by molar-refractivity contribution is -0.134. The number of nitrogens with zero attached hydrogens (tertiary/aromatic N) is 1. The third-order valence-electron chi connectivity index (χ3n) is 5.31. The summed E-state index contributed by atoms with van der Waals surface area (Å²) in [6.07, 6.45) is 4.05. The summed E-state index contributed by atoms with van der Waals surface area (Å²) in [5, 5.41) is 8.96. The van der Waals surface area contributed by atoms with Crippen molar-refractivity contribution in [1.29, 1.82) is 0 Å². The number of likely N-dealkylation sites (tertiary alicyclic amines) is 1. The number of carboxylic acid groups (broad SMARTS) is 1. The van der Waals surface area contributed by atoms with Gasteiger partial charge in [0, 0.05) is 18.5 Å². The highest BCUT2D eigenvalue weighted by Crippen LogP contribution is 2.33. The molecule has 136 valence electrons. The first-order valence-electron chi connectivity index (χ1n) is 9.15. The van der Waals surface area contributed by atoms with Crippen LogP contribution in [0.3, 0.4) is 0 Å². The van der Waals surface area contributed by atoms with Gasteiger partial charge < -0.3 is 10.0 Å². The Balaban J connectivity index is 1.62. The molecule has 4 heteroatoms. The fraction of sp³-hybridized carbons (Fsp3) is 0.364. The molecule has 1 N–H and O–H groups in total. The highest BCUT2D eigenvalue weighted by Gasteiger charge is 2.39. The minimum Gasteiger partial charge on any atom is -0.478 e. The Morgan fingerprint density at radius 1 is 1.04 bits per heavy atom. The molecule has 0 aliphatic carbocycles. The highest BCUT2D eigenvalue weighted by atomic mass is 16.4. The van der Waals surface area contributed by atoms with Gasteiger partial charge in [-0.15, -0.1) is 0 Å². The van der Waals surface area contributed by atoms with E-state index in [0.717, 1.165) is 31.4 Å². The molecule has 0 bridgehead atoms. The van der Waals surface area contributed by atoms with E-state index in [1.54, 1.807) is 24.3 Å². The van der Waals surface area contributed by atoms with E-state index in [2.05, 4.69) is 19.1 Å². The Hall–Kier alpha value is -2.62. The largest absolute Gasteiger partial charge is 0.478 e. The molecule has 26 heavy (non-hydrogen) atoms. The van der Waals surface area contributed by atoms with Gasteiger partial charge in [0.15, 0.2) is 0 Å². The van der Waals surface area contributed by atoms with E-state index >= 15 is 0 Å². The molecule has 1 saturated heterocycles. The van der Waals surface area contributed by atoms with Crippen LogP contribution in [0, 0.1) is 0 Å². The molecule has 1 amide bonds. The normalized spacial score (nSPS) is 19.5. The first kappa shape index (κ1) is 18.2. The van der Waals surface area contributed by atoms with Crippen LogP contribution in [0.15, 0.2) is 54.6 Å². The summed E-state index contributed by atoms with van der Waals surface area (Å²) < 4.78 is 0. The average Bonchev–Trinajstić information content (AvgIpc) is 3.02. The summed E-state index contributed by atoms with van der Waals surface area (Å²) in [6.45, 7) is 3.01. The van der Waals surface area contributed by atoms with Crippen molar-refractivity contribution in [1.82, 2.24) is 4.90 Å². The smallest absolute Gasteiger partial charge is 0.335 e. The SMILES string of the molecule is CC1(Cc2ccccc2)CCCN1C(=O)CCc1ccc(C(=O)O)cc1. The molecule has 2 aromatic carbocycles. The van der Waals surface area contributed by atoms with E-state index in [0.29, 0.717) is 12.8 Å². The van der Waals surface area contributed by atoms with Crippen LogP contribution in [0.4, 0.5) is 0 Å². The molecule has 1 atom stereocenters. The van der Waals surface area contributed by atoms with Crippen molar-refractivity contribution in [3.8, 4) is 0 Å². The van der Waals surface area contributed by atoms with Gasteiger partial charge >= 0.3 is 5.97 Å². The number of hydrogen-bond acceptors (Lipinski definition) is 2. The zero-order chi connectivity index (χ0) is 18.6. The first-order chi connectivity index (χ1) is 12.5.